The number of fused-ring (bicyclic) bond motifs is 1. The first kappa shape index (κ1) is 23.8. The first-order chi connectivity index (χ1) is 18.2. The number of aliphatic imine (C=N–C) groups is 1. The Morgan fingerprint density at radius 1 is 0.919 bits per heavy atom. The summed E-state index contributed by atoms with van der Waals surface area (Å²) in [5.41, 5.74) is 4.38. The topological polar surface area (TPSA) is 37.6 Å². The lowest BCUT2D eigenvalue weighted by molar-refractivity contribution is -0.124. The average molecular weight is 506 g/mol. The third-order valence-electron chi connectivity index (χ3n) is 7.52. The SMILES string of the molecule is C[C@H]1CCCC[C@@H]1N1C(=O)/C(=C/c2cn(Cc3ccccc3)c3ccccc23)SC1=Nc1ccccc1. The Morgan fingerprint density at radius 2 is 1.62 bits per heavy atom. The van der Waals surface area contributed by atoms with Crippen LogP contribution in [0.1, 0.15) is 43.7 Å². The number of amides is 1. The van der Waals surface area contributed by atoms with Crippen molar-refractivity contribution in [1.29, 1.82) is 0 Å². The molecule has 0 N–H and O–H groups in total. The number of amidine groups is 1. The molecule has 2 aliphatic rings. The largest absolute Gasteiger partial charge is 0.342 e. The van der Waals surface area contributed by atoms with E-state index in [-0.39, 0.29) is 11.9 Å². The van der Waals surface area contributed by atoms with Crippen LogP contribution in [-0.4, -0.2) is 26.6 Å². The van der Waals surface area contributed by atoms with Crippen LogP contribution in [0.25, 0.3) is 17.0 Å². The maximum atomic E-state index is 13.9. The highest BCUT2D eigenvalue weighted by molar-refractivity contribution is 8.18. The highest BCUT2D eigenvalue weighted by atomic mass is 32.2. The van der Waals surface area contributed by atoms with Gasteiger partial charge in [0, 0.05) is 35.2 Å². The summed E-state index contributed by atoms with van der Waals surface area (Å²) in [7, 11) is 0. The van der Waals surface area contributed by atoms with Crippen LogP contribution >= 0.6 is 11.8 Å². The monoisotopic (exact) mass is 505 g/mol. The maximum absolute atomic E-state index is 13.9. The fourth-order valence-corrected chi connectivity index (χ4v) is 6.63. The van der Waals surface area contributed by atoms with Crippen LogP contribution in [0, 0.1) is 5.92 Å². The third-order valence-corrected chi connectivity index (χ3v) is 8.50. The lowest BCUT2D eigenvalue weighted by Crippen LogP contribution is -2.44. The summed E-state index contributed by atoms with van der Waals surface area (Å²) < 4.78 is 2.28. The van der Waals surface area contributed by atoms with Gasteiger partial charge in [-0.3, -0.25) is 9.69 Å². The number of aromatic nitrogens is 1. The second kappa shape index (κ2) is 10.4. The van der Waals surface area contributed by atoms with Crippen LogP contribution in [0.4, 0.5) is 5.69 Å². The Bertz CT molecular complexity index is 1470. The Labute approximate surface area is 222 Å². The zero-order chi connectivity index (χ0) is 25.2. The Hall–Kier alpha value is -3.57. The molecule has 2 atom stereocenters. The van der Waals surface area contributed by atoms with E-state index in [1.165, 1.54) is 29.3 Å². The van der Waals surface area contributed by atoms with E-state index >= 15 is 0 Å². The molecule has 0 radical (unpaired) electrons. The van der Waals surface area contributed by atoms with Crippen LogP contribution < -0.4 is 0 Å². The van der Waals surface area contributed by atoms with Gasteiger partial charge in [-0.15, -0.1) is 0 Å². The van der Waals surface area contributed by atoms with Crippen molar-refractivity contribution in [3.63, 3.8) is 0 Å². The summed E-state index contributed by atoms with van der Waals surface area (Å²) in [5.74, 6) is 0.546. The molecule has 186 valence electrons. The molecule has 6 rings (SSSR count). The number of para-hydroxylation sites is 2. The molecule has 1 aliphatic carbocycles. The van der Waals surface area contributed by atoms with Crippen LogP contribution in [0.15, 0.2) is 101 Å². The lowest BCUT2D eigenvalue weighted by Gasteiger charge is -2.35. The Morgan fingerprint density at radius 3 is 2.41 bits per heavy atom. The van der Waals surface area contributed by atoms with Crippen molar-refractivity contribution >= 4 is 45.5 Å². The molecule has 1 saturated heterocycles. The summed E-state index contributed by atoms with van der Waals surface area (Å²) >= 11 is 1.51. The van der Waals surface area contributed by atoms with Crippen LogP contribution in [-0.2, 0) is 11.3 Å². The van der Waals surface area contributed by atoms with Gasteiger partial charge in [0.05, 0.1) is 10.6 Å². The van der Waals surface area contributed by atoms with Crippen molar-refractivity contribution in [3.05, 3.63) is 107 Å². The van der Waals surface area contributed by atoms with Gasteiger partial charge >= 0.3 is 0 Å². The van der Waals surface area contributed by atoms with Gasteiger partial charge < -0.3 is 4.57 Å². The highest BCUT2D eigenvalue weighted by Gasteiger charge is 2.41. The highest BCUT2D eigenvalue weighted by Crippen LogP contribution is 2.40. The quantitative estimate of drug-likeness (QED) is 0.259. The van der Waals surface area contributed by atoms with E-state index in [1.807, 2.05) is 41.3 Å². The number of rotatable bonds is 5. The van der Waals surface area contributed by atoms with Crippen molar-refractivity contribution in [1.82, 2.24) is 9.47 Å². The number of hydrogen-bond acceptors (Lipinski definition) is 3. The van der Waals surface area contributed by atoms with Gasteiger partial charge in [-0.2, -0.15) is 0 Å². The van der Waals surface area contributed by atoms with Crippen molar-refractivity contribution in [2.24, 2.45) is 10.9 Å². The van der Waals surface area contributed by atoms with E-state index < -0.39 is 0 Å². The molecule has 5 heteroatoms. The van der Waals surface area contributed by atoms with E-state index in [9.17, 15) is 4.79 Å². The molecule has 37 heavy (non-hydrogen) atoms. The Kier molecular flexibility index (Phi) is 6.71. The van der Waals surface area contributed by atoms with E-state index in [4.69, 9.17) is 4.99 Å². The minimum absolute atomic E-state index is 0.0818. The molecular formula is C32H31N3OS. The van der Waals surface area contributed by atoms with Crippen LogP contribution in [0.5, 0.6) is 0 Å². The van der Waals surface area contributed by atoms with Crippen molar-refractivity contribution < 1.29 is 4.79 Å². The molecule has 4 nitrogen and oxygen atoms in total. The molecule has 2 heterocycles. The first-order valence-electron chi connectivity index (χ1n) is 13.2. The van der Waals surface area contributed by atoms with Gasteiger partial charge in [0.25, 0.3) is 5.91 Å². The summed E-state index contributed by atoms with van der Waals surface area (Å²) in [5, 5.41) is 1.96. The van der Waals surface area contributed by atoms with Crippen LogP contribution in [0.3, 0.4) is 0 Å². The van der Waals surface area contributed by atoms with E-state index in [2.05, 4.69) is 72.3 Å². The van der Waals surface area contributed by atoms with Crippen molar-refractivity contribution in [2.75, 3.05) is 0 Å². The summed E-state index contributed by atoms with van der Waals surface area (Å²) in [6.07, 6.45) is 8.84. The van der Waals surface area contributed by atoms with Crippen molar-refractivity contribution in [2.45, 2.75) is 45.2 Å². The summed E-state index contributed by atoms with van der Waals surface area (Å²) in [6, 6.07) is 29.1. The summed E-state index contributed by atoms with van der Waals surface area (Å²) in [4.78, 5) is 21.6. The molecule has 1 saturated carbocycles. The maximum Gasteiger partial charge on any atom is 0.267 e. The third kappa shape index (κ3) is 4.88. The average Bonchev–Trinajstić information content (AvgIpc) is 3.42. The molecule has 0 spiro atoms. The Balaban J connectivity index is 1.40. The first-order valence-corrected chi connectivity index (χ1v) is 14.0. The molecule has 3 aromatic carbocycles. The number of nitrogens with zero attached hydrogens (tertiary/aromatic N) is 3. The number of carbonyl (C=O) groups is 1. The number of carbonyl (C=O) groups excluding carboxylic acids is 1. The van der Waals surface area contributed by atoms with Gasteiger partial charge in [0.1, 0.15) is 0 Å². The van der Waals surface area contributed by atoms with E-state index in [0.717, 1.165) is 52.5 Å². The molecule has 0 bridgehead atoms. The molecule has 2 fully saturated rings. The summed E-state index contributed by atoms with van der Waals surface area (Å²) in [6.45, 7) is 3.07. The van der Waals surface area contributed by atoms with Crippen molar-refractivity contribution in [3.8, 4) is 0 Å². The minimum atomic E-state index is 0.0818. The van der Waals surface area contributed by atoms with Gasteiger partial charge in [-0.1, -0.05) is 86.5 Å². The molecular weight excluding hydrogens is 474 g/mol. The fraction of sp³-hybridized carbons (Fsp3) is 0.250. The molecule has 1 aromatic heterocycles. The van der Waals surface area contributed by atoms with Gasteiger partial charge in [0.2, 0.25) is 0 Å². The minimum Gasteiger partial charge on any atom is -0.342 e. The van der Waals surface area contributed by atoms with Gasteiger partial charge in [-0.25, -0.2) is 4.99 Å². The predicted molar refractivity (Wildman–Crippen MR) is 155 cm³/mol. The van der Waals surface area contributed by atoms with Gasteiger partial charge in [0.15, 0.2) is 5.17 Å². The second-order valence-electron chi connectivity index (χ2n) is 10.1. The van der Waals surface area contributed by atoms with Crippen LogP contribution in [0.2, 0.25) is 0 Å². The molecule has 0 unspecified atom stereocenters. The lowest BCUT2D eigenvalue weighted by atomic mass is 9.85. The smallest absolute Gasteiger partial charge is 0.267 e. The van der Waals surface area contributed by atoms with E-state index in [0.29, 0.717) is 5.92 Å². The standard InChI is InChI=1S/C32H31N3OS/c1-23-12-8-10-18-28(23)35-31(36)30(37-32(35)33-26-15-6-3-7-16-26)20-25-22-34(21-24-13-4-2-5-14-24)29-19-11-9-17-27(25)29/h2-7,9,11,13-17,19-20,22-23,28H,8,10,12,18,21H2,1H3/b30-20-,33-32?/t23-,28-/m0/s1. The van der Waals surface area contributed by atoms with Gasteiger partial charge in [-0.05, 0) is 60.4 Å². The number of hydrogen-bond donors (Lipinski definition) is 0. The second-order valence-corrected chi connectivity index (χ2v) is 11.1. The van der Waals surface area contributed by atoms with E-state index in [1.54, 1.807) is 0 Å². The predicted octanol–water partition coefficient (Wildman–Crippen LogP) is 7.87. The number of thioether (sulfide) groups is 1. The molecule has 1 amide bonds. The normalized spacial score (nSPS) is 22.4. The zero-order valence-corrected chi connectivity index (χ0v) is 21.9. The molecule has 4 aromatic rings. The fourth-order valence-electron chi connectivity index (χ4n) is 5.59. The molecule has 1 aliphatic heterocycles. The number of benzene rings is 3. The zero-order valence-electron chi connectivity index (χ0n) is 21.1.